The Kier molecular flexibility index (Phi) is 4.07. The molecule has 32 heavy (non-hydrogen) atoms. The van der Waals surface area contributed by atoms with Gasteiger partial charge in [-0.2, -0.15) is 0 Å². The first-order chi connectivity index (χ1) is 15.7. The lowest BCUT2D eigenvalue weighted by Crippen LogP contribution is -2.11. The van der Waals surface area contributed by atoms with Gasteiger partial charge in [0.05, 0.1) is 0 Å². The number of hydrogen-bond acceptors (Lipinski definition) is 0. The van der Waals surface area contributed by atoms with E-state index >= 15 is 0 Å². The van der Waals surface area contributed by atoms with Crippen LogP contribution in [0.2, 0.25) is 0 Å². The lowest BCUT2D eigenvalue weighted by Gasteiger charge is -2.31. The number of rotatable bonds is 1. The van der Waals surface area contributed by atoms with Crippen molar-refractivity contribution in [2.75, 3.05) is 0 Å². The van der Waals surface area contributed by atoms with Crippen molar-refractivity contribution in [1.82, 2.24) is 0 Å². The van der Waals surface area contributed by atoms with Crippen LogP contribution in [-0.2, 0) is 6.42 Å². The third kappa shape index (κ3) is 2.48. The highest BCUT2D eigenvalue weighted by Gasteiger charge is 2.29. The normalized spacial score (nSPS) is 16.7. The molecular formula is C30H18Br2. The Bertz CT molecular complexity index is 1610. The van der Waals surface area contributed by atoms with E-state index in [-0.39, 0.29) is 5.92 Å². The van der Waals surface area contributed by atoms with E-state index in [2.05, 4.69) is 123 Å². The van der Waals surface area contributed by atoms with E-state index in [0.717, 1.165) is 6.42 Å². The monoisotopic (exact) mass is 536 g/mol. The zero-order chi connectivity index (χ0) is 21.4. The smallest absolute Gasteiger partial charge is 0.0332 e. The molecule has 0 heterocycles. The van der Waals surface area contributed by atoms with E-state index in [1.807, 2.05) is 0 Å². The van der Waals surface area contributed by atoms with Gasteiger partial charge in [0.25, 0.3) is 0 Å². The first kappa shape index (κ1) is 18.8. The number of allylic oxidation sites excluding steroid dienone is 3. The van der Waals surface area contributed by atoms with Gasteiger partial charge in [-0.25, -0.2) is 0 Å². The quantitative estimate of drug-likeness (QED) is 0.187. The molecule has 1 unspecified atom stereocenters. The molecule has 152 valence electrons. The Morgan fingerprint density at radius 1 is 0.688 bits per heavy atom. The minimum absolute atomic E-state index is 0.225. The predicted octanol–water partition coefficient (Wildman–Crippen LogP) is 9.42. The fraction of sp³-hybridized carbons (Fsp3) is 0.0667. The average Bonchev–Trinajstić information content (AvgIpc) is 2.84. The largest absolute Gasteiger partial charge is 0.0753 e. The minimum Gasteiger partial charge on any atom is -0.0753 e. The van der Waals surface area contributed by atoms with Gasteiger partial charge in [-0.05, 0) is 88.6 Å². The van der Waals surface area contributed by atoms with Gasteiger partial charge in [0.1, 0.15) is 0 Å². The summed E-state index contributed by atoms with van der Waals surface area (Å²) in [7, 11) is 0. The predicted molar refractivity (Wildman–Crippen MR) is 144 cm³/mol. The van der Waals surface area contributed by atoms with E-state index in [9.17, 15) is 0 Å². The topological polar surface area (TPSA) is 0 Å². The van der Waals surface area contributed by atoms with Gasteiger partial charge in [0, 0.05) is 14.9 Å². The fourth-order valence-corrected chi connectivity index (χ4v) is 6.88. The van der Waals surface area contributed by atoms with Crippen molar-refractivity contribution in [3.8, 4) is 0 Å². The van der Waals surface area contributed by atoms with Crippen LogP contribution in [0, 0.1) is 0 Å². The second-order valence-electron chi connectivity index (χ2n) is 8.68. The summed E-state index contributed by atoms with van der Waals surface area (Å²) < 4.78 is 2.35. The van der Waals surface area contributed by atoms with Crippen LogP contribution < -0.4 is 0 Å². The molecule has 0 saturated heterocycles. The highest BCUT2D eigenvalue weighted by molar-refractivity contribution is 9.11. The first-order valence-electron chi connectivity index (χ1n) is 10.9. The van der Waals surface area contributed by atoms with Crippen molar-refractivity contribution in [3.63, 3.8) is 0 Å². The molecule has 0 saturated carbocycles. The van der Waals surface area contributed by atoms with Gasteiger partial charge in [-0.15, -0.1) is 0 Å². The molecule has 2 heteroatoms. The standard InChI is InChI=1S/C30H18Br2/c31-26-16-12-18-9-13-21-22(14-10-17-11-15-25(26)28(18)27(17)21)29-19-5-1-3-7-23(19)30(32)24-8-4-2-6-20(24)29/h1-8,10-16,22H,9H2. The maximum Gasteiger partial charge on any atom is 0.0332 e. The van der Waals surface area contributed by atoms with E-state index in [0.29, 0.717) is 0 Å². The molecule has 2 aliphatic carbocycles. The molecule has 0 N–H and O–H groups in total. The molecule has 0 amide bonds. The van der Waals surface area contributed by atoms with Gasteiger partial charge < -0.3 is 0 Å². The SMILES string of the molecule is Brc1c2ccccc2c(C2C=Cc3ccc4c(Br)ccc5c4c3C2=CC5)c2ccccc12. The molecular weight excluding hydrogens is 520 g/mol. The van der Waals surface area contributed by atoms with Gasteiger partial charge in [0.15, 0.2) is 0 Å². The van der Waals surface area contributed by atoms with Crippen molar-refractivity contribution >= 4 is 75.8 Å². The van der Waals surface area contributed by atoms with Crippen LogP contribution in [0.25, 0.3) is 44.0 Å². The summed E-state index contributed by atoms with van der Waals surface area (Å²) >= 11 is 7.70. The second kappa shape index (κ2) is 6.91. The fourth-order valence-electron chi connectivity index (χ4n) is 5.72. The Labute approximate surface area is 203 Å². The summed E-state index contributed by atoms with van der Waals surface area (Å²) in [5.74, 6) is 0.225. The molecule has 0 spiro atoms. The Morgan fingerprint density at radius 3 is 2.09 bits per heavy atom. The van der Waals surface area contributed by atoms with Gasteiger partial charge in [0.2, 0.25) is 0 Å². The van der Waals surface area contributed by atoms with Crippen LogP contribution in [0.4, 0.5) is 0 Å². The zero-order valence-corrected chi connectivity index (χ0v) is 20.4. The maximum absolute atomic E-state index is 3.91. The van der Waals surface area contributed by atoms with Crippen molar-refractivity contribution in [1.29, 1.82) is 0 Å². The van der Waals surface area contributed by atoms with Crippen molar-refractivity contribution < 1.29 is 0 Å². The maximum atomic E-state index is 3.91. The van der Waals surface area contributed by atoms with Crippen LogP contribution in [0.3, 0.4) is 0 Å². The van der Waals surface area contributed by atoms with E-state index in [4.69, 9.17) is 0 Å². The lowest BCUT2D eigenvalue weighted by molar-refractivity contribution is 1.10. The Balaban J connectivity index is 1.59. The Morgan fingerprint density at radius 2 is 1.38 bits per heavy atom. The Hall–Kier alpha value is -2.68. The van der Waals surface area contributed by atoms with Crippen LogP contribution in [0.15, 0.2) is 93.9 Å². The van der Waals surface area contributed by atoms with Gasteiger partial charge in [-0.1, -0.05) is 101 Å². The highest BCUT2D eigenvalue weighted by atomic mass is 79.9. The summed E-state index contributed by atoms with van der Waals surface area (Å²) in [5, 5.41) is 7.92. The molecule has 5 aromatic carbocycles. The molecule has 5 aromatic rings. The molecule has 0 aromatic heterocycles. The summed E-state index contributed by atoms with van der Waals surface area (Å²) in [6, 6.07) is 26.6. The van der Waals surface area contributed by atoms with Crippen LogP contribution >= 0.6 is 31.9 Å². The van der Waals surface area contributed by atoms with Crippen LogP contribution in [0.5, 0.6) is 0 Å². The molecule has 7 rings (SSSR count). The van der Waals surface area contributed by atoms with Crippen molar-refractivity contribution in [2.24, 2.45) is 0 Å². The molecule has 0 bridgehead atoms. The van der Waals surface area contributed by atoms with E-state index in [1.165, 1.54) is 69.1 Å². The number of halogens is 2. The number of fused-ring (bicyclic) bond motifs is 2. The van der Waals surface area contributed by atoms with Crippen molar-refractivity contribution in [3.05, 3.63) is 116 Å². The summed E-state index contributed by atoms with van der Waals surface area (Å²) in [6.07, 6.45) is 8.18. The summed E-state index contributed by atoms with van der Waals surface area (Å²) in [6.45, 7) is 0. The van der Waals surface area contributed by atoms with Gasteiger partial charge in [-0.3, -0.25) is 0 Å². The molecule has 0 nitrogen and oxygen atoms in total. The lowest BCUT2D eigenvalue weighted by atomic mass is 9.73. The third-order valence-corrected chi connectivity index (χ3v) is 8.64. The van der Waals surface area contributed by atoms with Crippen molar-refractivity contribution in [2.45, 2.75) is 12.3 Å². The molecule has 0 radical (unpaired) electrons. The van der Waals surface area contributed by atoms with Crippen LogP contribution in [-0.4, -0.2) is 0 Å². The van der Waals surface area contributed by atoms with Crippen LogP contribution in [0.1, 0.15) is 28.2 Å². The third-order valence-electron chi connectivity index (χ3n) is 7.10. The average molecular weight is 538 g/mol. The molecule has 0 aliphatic heterocycles. The second-order valence-corrected chi connectivity index (χ2v) is 10.3. The minimum atomic E-state index is 0.225. The molecule has 2 aliphatic rings. The molecule has 0 fully saturated rings. The summed E-state index contributed by atoms with van der Waals surface area (Å²) in [5.41, 5.74) is 7.00. The van der Waals surface area contributed by atoms with Gasteiger partial charge >= 0.3 is 0 Å². The van der Waals surface area contributed by atoms with E-state index in [1.54, 1.807) is 0 Å². The first-order valence-corrected chi connectivity index (χ1v) is 12.5. The summed E-state index contributed by atoms with van der Waals surface area (Å²) in [4.78, 5) is 0. The molecule has 1 atom stereocenters. The zero-order valence-electron chi connectivity index (χ0n) is 17.2. The number of benzene rings is 5. The highest BCUT2D eigenvalue weighted by Crippen LogP contribution is 2.50. The van der Waals surface area contributed by atoms with E-state index < -0.39 is 0 Å². The number of hydrogen-bond donors (Lipinski definition) is 0.